The van der Waals surface area contributed by atoms with E-state index in [1.54, 1.807) is 18.3 Å². The molecule has 2 heterocycles. The van der Waals surface area contributed by atoms with E-state index < -0.39 is 0 Å². The molecule has 0 aliphatic heterocycles. The third-order valence-corrected chi connectivity index (χ3v) is 4.17. The molecule has 2 aromatic heterocycles. The molecule has 0 aliphatic carbocycles. The number of aromatic nitrogens is 1. The van der Waals surface area contributed by atoms with Gasteiger partial charge in [-0.3, -0.25) is 4.79 Å². The molecule has 1 amide bonds. The Hall–Kier alpha value is -1.59. The number of nitrogens with one attached hydrogen (secondary N) is 2. The number of anilines is 1. The molecule has 0 fully saturated rings. The van der Waals surface area contributed by atoms with Crippen LogP contribution in [-0.2, 0) is 0 Å². The molecular weight excluding hydrogens is 294 g/mol. The molecule has 0 saturated heterocycles. The number of thiophene rings is 1. The van der Waals surface area contributed by atoms with Crippen molar-refractivity contribution in [2.24, 2.45) is 0 Å². The van der Waals surface area contributed by atoms with Crippen molar-refractivity contribution in [1.82, 2.24) is 10.3 Å². The molecule has 0 radical (unpaired) electrons. The number of hydrogen-bond donors (Lipinski definition) is 2. The number of carbonyl (C=O) groups excluding carboxylic acids is 1. The minimum atomic E-state index is -0.141. The van der Waals surface area contributed by atoms with Crippen LogP contribution in [0.15, 0.2) is 30.5 Å². The molecule has 106 valence electrons. The van der Waals surface area contributed by atoms with Crippen LogP contribution >= 0.6 is 22.9 Å². The van der Waals surface area contributed by atoms with Crippen LogP contribution in [-0.4, -0.2) is 17.4 Å². The van der Waals surface area contributed by atoms with E-state index in [1.807, 2.05) is 26.0 Å². The van der Waals surface area contributed by atoms with Crippen LogP contribution in [0.4, 0.5) is 5.82 Å². The molecule has 0 aromatic carbocycles. The molecule has 1 unspecified atom stereocenters. The molecule has 0 aliphatic rings. The van der Waals surface area contributed by atoms with Crippen LogP contribution < -0.4 is 10.6 Å². The first-order valence-corrected chi connectivity index (χ1v) is 7.55. The maximum Gasteiger partial charge on any atom is 0.253 e. The van der Waals surface area contributed by atoms with Crippen LogP contribution in [0.1, 0.15) is 35.1 Å². The second-order valence-electron chi connectivity index (χ2n) is 4.30. The summed E-state index contributed by atoms with van der Waals surface area (Å²) in [6, 6.07) is 7.23. The summed E-state index contributed by atoms with van der Waals surface area (Å²) >= 11 is 7.36. The Kier molecular flexibility index (Phi) is 4.98. The lowest BCUT2D eigenvalue weighted by molar-refractivity contribution is 0.0940. The van der Waals surface area contributed by atoms with Gasteiger partial charge in [0.25, 0.3) is 5.91 Å². The number of carbonyl (C=O) groups is 1. The van der Waals surface area contributed by atoms with Crippen molar-refractivity contribution < 1.29 is 4.79 Å². The average molecular weight is 310 g/mol. The predicted molar refractivity (Wildman–Crippen MR) is 83.6 cm³/mol. The van der Waals surface area contributed by atoms with E-state index >= 15 is 0 Å². The van der Waals surface area contributed by atoms with Gasteiger partial charge >= 0.3 is 0 Å². The monoisotopic (exact) mass is 309 g/mol. The fourth-order valence-corrected chi connectivity index (χ4v) is 2.79. The van der Waals surface area contributed by atoms with E-state index in [0.29, 0.717) is 5.56 Å². The highest BCUT2D eigenvalue weighted by Gasteiger charge is 2.13. The highest BCUT2D eigenvalue weighted by atomic mass is 35.5. The molecule has 1 atom stereocenters. The maximum atomic E-state index is 12.1. The van der Waals surface area contributed by atoms with Crippen LogP contribution in [0.25, 0.3) is 0 Å². The Morgan fingerprint density at radius 1 is 1.40 bits per heavy atom. The maximum absolute atomic E-state index is 12.1. The Morgan fingerprint density at radius 3 is 2.75 bits per heavy atom. The van der Waals surface area contributed by atoms with Crippen molar-refractivity contribution in [3.05, 3.63) is 45.2 Å². The topological polar surface area (TPSA) is 54.0 Å². The van der Waals surface area contributed by atoms with Crippen molar-refractivity contribution in [2.45, 2.75) is 19.9 Å². The first-order valence-electron chi connectivity index (χ1n) is 6.36. The van der Waals surface area contributed by atoms with Crippen LogP contribution in [0, 0.1) is 0 Å². The van der Waals surface area contributed by atoms with Gasteiger partial charge in [-0.1, -0.05) is 11.6 Å². The second-order valence-corrected chi connectivity index (χ2v) is 6.05. The fraction of sp³-hybridized carbons (Fsp3) is 0.286. The zero-order valence-electron chi connectivity index (χ0n) is 11.3. The van der Waals surface area contributed by atoms with Gasteiger partial charge in [-0.25, -0.2) is 4.98 Å². The number of hydrogen-bond acceptors (Lipinski definition) is 4. The highest BCUT2D eigenvalue weighted by molar-refractivity contribution is 7.16. The van der Waals surface area contributed by atoms with Crippen molar-refractivity contribution in [3.63, 3.8) is 0 Å². The standard InChI is InChI=1S/C14H16ClN3OS/c1-3-16-13-7-4-10(8-17-13)14(19)18-9(2)11-5-6-12(15)20-11/h4-9H,3H2,1-2H3,(H,16,17)(H,18,19). The van der Waals surface area contributed by atoms with Gasteiger partial charge in [0.1, 0.15) is 5.82 Å². The SMILES string of the molecule is CCNc1ccc(C(=O)NC(C)c2ccc(Cl)s2)cn1. The van der Waals surface area contributed by atoms with Gasteiger partial charge in [0.05, 0.1) is 15.9 Å². The largest absolute Gasteiger partial charge is 0.370 e. The molecule has 2 aromatic rings. The Bertz CT molecular complexity index is 582. The summed E-state index contributed by atoms with van der Waals surface area (Å²) in [5.74, 6) is 0.625. The Labute approximate surface area is 127 Å². The molecule has 0 spiro atoms. The van der Waals surface area contributed by atoms with E-state index in [4.69, 9.17) is 11.6 Å². The fourth-order valence-electron chi connectivity index (χ4n) is 1.73. The summed E-state index contributed by atoms with van der Waals surface area (Å²) in [4.78, 5) is 17.3. The first kappa shape index (κ1) is 14.8. The summed E-state index contributed by atoms with van der Waals surface area (Å²) in [6.07, 6.45) is 1.57. The lowest BCUT2D eigenvalue weighted by Crippen LogP contribution is -2.26. The van der Waals surface area contributed by atoms with E-state index in [1.165, 1.54) is 11.3 Å². The lowest BCUT2D eigenvalue weighted by Gasteiger charge is -2.12. The second kappa shape index (κ2) is 6.72. The summed E-state index contributed by atoms with van der Waals surface area (Å²) < 4.78 is 0.720. The van der Waals surface area contributed by atoms with Crippen molar-refractivity contribution in [2.75, 3.05) is 11.9 Å². The van der Waals surface area contributed by atoms with Gasteiger partial charge in [-0.2, -0.15) is 0 Å². The minimum Gasteiger partial charge on any atom is -0.370 e. The number of halogens is 1. The Morgan fingerprint density at radius 2 is 2.20 bits per heavy atom. The van der Waals surface area contributed by atoms with Gasteiger partial charge in [-0.15, -0.1) is 11.3 Å². The number of amides is 1. The first-order chi connectivity index (χ1) is 9.60. The summed E-state index contributed by atoms with van der Waals surface area (Å²) in [5.41, 5.74) is 0.543. The van der Waals surface area contributed by atoms with E-state index in [0.717, 1.165) is 21.6 Å². The average Bonchev–Trinajstić information content (AvgIpc) is 2.86. The molecule has 2 rings (SSSR count). The van der Waals surface area contributed by atoms with Crippen LogP contribution in [0.3, 0.4) is 0 Å². The van der Waals surface area contributed by atoms with E-state index in [-0.39, 0.29) is 11.9 Å². The third kappa shape index (κ3) is 3.71. The molecule has 2 N–H and O–H groups in total. The molecule has 20 heavy (non-hydrogen) atoms. The van der Waals surface area contributed by atoms with E-state index in [9.17, 15) is 4.79 Å². The molecule has 4 nitrogen and oxygen atoms in total. The summed E-state index contributed by atoms with van der Waals surface area (Å²) in [6.45, 7) is 4.73. The molecular formula is C14H16ClN3OS. The normalized spacial score (nSPS) is 11.9. The van der Waals surface area contributed by atoms with Gasteiger partial charge in [0.2, 0.25) is 0 Å². The zero-order valence-corrected chi connectivity index (χ0v) is 12.9. The van der Waals surface area contributed by atoms with Gasteiger partial charge < -0.3 is 10.6 Å². The number of nitrogens with zero attached hydrogens (tertiary/aromatic N) is 1. The van der Waals surface area contributed by atoms with Crippen molar-refractivity contribution >= 4 is 34.7 Å². The van der Waals surface area contributed by atoms with Gasteiger partial charge in [0.15, 0.2) is 0 Å². The minimum absolute atomic E-state index is 0.0755. The van der Waals surface area contributed by atoms with Crippen molar-refractivity contribution in [1.29, 1.82) is 0 Å². The van der Waals surface area contributed by atoms with E-state index in [2.05, 4.69) is 15.6 Å². The van der Waals surface area contributed by atoms with Crippen molar-refractivity contribution in [3.8, 4) is 0 Å². The smallest absolute Gasteiger partial charge is 0.253 e. The summed E-state index contributed by atoms with van der Waals surface area (Å²) in [5, 5.41) is 6.02. The predicted octanol–water partition coefficient (Wildman–Crippen LogP) is 3.72. The molecule has 0 saturated carbocycles. The highest BCUT2D eigenvalue weighted by Crippen LogP contribution is 2.26. The zero-order chi connectivity index (χ0) is 14.5. The molecule has 6 heteroatoms. The van der Waals surface area contributed by atoms with Crippen LogP contribution in [0.2, 0.25) is 4.34 Å². The van der Waals surface area contributed by atoms with Crippen LogP contribution in [0.5, 0.6) is 0 Å². The molecule has 0 bridgehead atoms. The lowest BCUT2D eigenvalue weighted by atomic mass is 10.2. The number of pyridine rings is 1. The van der Waals surface area contributed by atoms with Gasteiger partial charge in [0, 0.05) is 17.6 Å². The quantitative estimate of drug-likeness (QED) is 0.885. The third-order valence-electron chi connectivity index (χ3n) is 2.75. The number of rotatable bonds is 5. The summed E-state index contributed by atoms with van der Waals surface area (Å²) in [7, 11) is 0. The Balaban J connectivity index is 2.00. The van der Waals surface area contributed by atoms with Gasteiger partial charge in [-0.05, 0) is 38.1 Å².